The van der Waals surface area contributed by atoms with Crippen molar-refractivity contribution in [3.8, 4) is 11.3 Å². The summed E-state index contributed by atoms with van der Waals surface area (Å²) >= 11 is 0. The van der Waals surface area contributed by atoms with Gasteiger partial charge in [-0.15, -0.1) is 0 Å². The number of aromatic nitrogens is 5. The molecule has 3 aromatic heterocycles. The number of amides is 1. The SMILES string of the molecule is CCNCCNC(=O)c1ccc(Nc2ncc(-c3cn[nH]c3)n3ccnc23)cc1. The molecule has 0 bridgehead atoms. The summed E-state index contributed by atoms with van der Waals surface area (Å²) in [5.41, 5.74) is 3.95. The molecule has 9 nitrogen and oxygen atoms in total. The standard InChI is InChI=1S/C20H22N8O/c1-2-21-7-8-23-20(29)14-3-5-16(6-4-14)27-18-19-22-9-10-28(19)17(13-24-18)15-11-25-26-12-15/h3-6,9-13,21H,2,7-8H2,1H3,(H,23,29)(H,24,27)(H,25,26). The highest BCUT2D eigenvalue weighted by atomic mass is 16.1. The van der Waals surface area contributed by atoms with E-state index in [0.717, 1.165) is 30.0 Å². The van der Waals surface area contributed by atoms with Crippen molar-refractivity contribution in [2.24, 2.45) is 0 Å². The number of imidazole rings is 1. The van der Waals surface area contributed by atoms with Gasteiger partial charge in [0, 0.05) is 48.5 Å². The molecular weight excluding hydrogens is 368 g/mol. The van der Waals surface area contributed by atoms with Crippen LogP contribution in [0.4, 0.5) is 11.5 Å². The number of carbonyl (C=O) groups is 1. The lowest BCUT2D eigenvalue weighted by atomic mass is 10.2. The zero-order valence-corrected chi connectivity index (χ0v) is 16.0. The number of nitrogens with zero attached hydrogens (tertiary/aromatic N) is 4. The van der Waals surface area contributed by atoms with Crippen LogP contribution in [0.1, 0.15) is 17.3 Å². The normalized spacial score (nSPS) is 10.9. The number of aromatic amines is 1. The van der Waals surface area contributed by atoms with Crippen LogP contribution in [0.2, 0.25) is 0 Å². The third kappa shape index (κ3) is 4.09. The van der Waals surface area contributed by atoms with Crippen molar-refractivity contribution < 1.29 is 4.79 Å². The summed E-state index contributed by atoms with van der Waals surface area (Å²) in [4.78, 5) is 21.1. The highest BCUT2D eigenvalue weighted by molar-refractivity contribution is 5.94. The Hall–Kier alpha value is -3.72. The van der Waals surface area contributed by atoms with Gasteiger partial charge in [0.1, 0.15) is 0 Å². The molecule has 0 radical (unpaired) electrons. The van der Waals surface area contributed by atoms with Crippen LogP contribution in [0.25, 0.3) is 16.9 Å². The summed E-state index contributed by atoms with van der Waals surface area (Å²) < 4.78 is 1.95. The summed E-state index contributed by atoms with van der Waals surface area (Å²) in [6.07, 6.45) is 8.93. The molecule has 3 heterocycles. The van der Waals surface area contributed by atoms with Gasteiger partial charge in [0.25, 0.3) is 5.91 Å². The predicted octanol–water partition coefficient (Wildman–Crippen LogP) is 2.20. The second-order valence-electron chi connectivity index (χ2n) is 6.41. The van der Waals surface area contributed by atoms with Gasteiger partial charge in [0.15, 0.2) is 11.5 Å². The second-order valence-corrected chi connectivity index (χ2v) is 6.41. The molecule has 4 rings (SSSR count). The number of fused-ring (bicyclic) bond motifs is 1. The van der Waals surface area contributed by atoms with Crippen LogP contribution in [0.3, 0.4) is 0 Å². The number of likely N-dealkylation sites (N-methyl/N-ethyl adjacent to an activating group) is 1. The average molecular weight is 390 g/mol. The van der Waals surface area contributed by atoms with Gasteiger partial charge < -0.3 is 16.0 Å². The van der Waals surface area contributed by atoms with E-state index >= 15 is 0 Å². The fourth-order valence-electron chi connectivity index (χ4n) is 3.00. The Kier molecular flexibility index (Phi) is 5.48. The first-order chi connectivity index (χ1) is 14.3. The number of hydrogen-bond donors (Lipinski definition) is 4. The molecule has 0 atom stereocenters. The summed E-state index contributed by atoms with van der Waals surface area (Å²) in [7, 11) is 0. The van der Waals surface area contributed by atoms with Crippen molar-refractivity contribution in [1.82, 2.24) is 35.2 Å². The van der Waals surface area contributed by atoms with E-state index in [9.17, 15) is 4.79 Å². The van der Waals surface area contributed by atoms with Crippen LogP contribution in [0.15, 0.2) is 55.2 Å². The Labute approximate surface area is 167 Å². The van der Waals surface area contributed by atoms with E-state index in [1.807, 2.05) is 35.9 Å². The molecular formula is C20H22N8O. The summed E-state index contributed by atoms with van der Waals surface area (Å²) in [5, 5.41) is 16.1. The van der Waals surface area contributed by atoms with E-state index in [0.29, 0.717) is 23.6 Å². The molecule has 0 unspecified atom stereocenters. The number of benzene rings is 1. The molecule has 0 aliphatic rings. The molecule has 29 heavy (non-hydrogen) atoms. The highest BCUT2D eigenvalue weighted by Gasteiger charge is 2.11. The first-order valence-electron chi connectivity index (χ1n) is 9.43. The lowest BCUT2D eigenvalue weighted by molar-refractivity contribution is 0.0954. The van der Waals surface area contributed by atoms with E-state index in [-0.39, 0.29) is 5.91 Å². The third-order valence-electron chi connectivity index (χ3n) is 4.47. The Morgan fingerprint density at radius 2 is 2.00 bits per heavy atom. The summed E-state index contributed by atoms with van der Waals surface area (Å²) in [6.45, 7) is 4.27. The van der Waals surface area contributed by atoms with Gasteiger partial charge in [-0.3, -0.25) is 14.3 Å². The molecule has 1 aromatic carbocycles. The summed E-state index contributed by atoms with van der Waals surface area (Å²) in [6, 6.07) is 7.27. The minimum absolute atomic E-state index is 0.0901. The lowest BCUT2D eigenvalue weighted by Gasteiger charge is -2.10. The zero-order valence-electron chi connectivity index (χ0n) is 16.0. The van der Waals surface area contributed by atoms with Crippen LogP contribution < -0.4 is 16.0 Å². The average Bonchev–Trinajstić information content (AvgIpc) is 3.44. The fraction of sp³-hybridized carbons (Fsp3) is 0.200. The summed E-state index contributed by atoms with van der Waals surface area (Å²) in [5.74, 6) is 0.540. The highest BCUT2D eigenvalue weighted by Crippen LogP contribution is 2.24. The van der Waals surface area contributed by atoms with Gasteiger partial charge in [-0.1, -0.05) is 6.92 Å². The Bertz CT molecular complexity index is 1090. The van der Waals surface area contributed by atoms with Gasteiger partial charge in [-0.2, -0.15) is 5.10 Å². The number of anilines is 2. The minimum Gasteiger partial charge on any atom is -0.351 e. The lowest BCUT2D eigenvalue weighted by Crippen LogP contribution is -2.31. The van der Waals surface area contributed by atoms with Gasteiger partial charge in [0.2, 0.25) is 0 Å². The van der Waals surface area contributed by atoms with Gasteiger partial charge in [0.05, 0.1) is 18.1 Å². The number of hydrogen-bond acceptors (Lipinski definition) is 6. The second kappa shape index (κ2) is 8.53. The van der Waals surface area contributed by atoms with E-state index in [4.69, 9.17) is 0 Å². The van der Waals surface area contributed by atoms with Gasteiger partial charge in [-0.05, 0) is 30.8 Å². The van der Waals surface area contributed by atoms with Gasteiger partial charge in [-0.25, -0.2) is 9.97 Å². The van der Waals surface area contributed by atoms with Crippen molar-refractivity contribution in [3.63, 3.8) is 0 Å². The molecule has 1 amide bonds. The molecule has 0 aliphatic heterocycles. The van der Waals surface area contributed by atoms with Crippen molar-refractivity contribution >= 4 is 23.1 Å². The predicted molar refractivity (Wildman–Crippen MR) is 111 cm³/mol. The third-order valence-corrected chi connectivity index (χ3v) is 4.47. The Balaban J connectivity index is 1.48. The van der Waals surface area contributed by atoms with E-state index in [1.165, 1.54) is 0 Å². The molecule has 0 saturated carbocycles. The zero-order chi connectivity index (χ0) is 20.1. The Morgan fingerprint density at radius 3 is 2.76 bits per heavy atom. The molecule has 0 spiro atoms. The van der Waals surface area contributed by atoms with Crippen LogP contribution in [-0.2, 0) is 0 Å². The van der Waals surface area contributed by atoms with E-state index < -0.39 is 0 Å². The molecule has 148 valence electrons. The monoisotopic (exact) mass is 390 g/mol. The molecule has 4 N–H and O–H groups in total. The number of carbonyl (C=O) groups excluding carboxylic acids is 1. The first kappa shape index (κ1) is 18.6. The largest absolute Gasteiger partial charge is 0.351 e. The first-order valence-corrected chi connectivity index (χ1v) is 9.43. The Morgan fingerprint density at radius 1 is 1.14 bits per heavy atom. The number of rotatable bonds is 8. The maximum Gasteiger partial charge on any atom is 0.251 e. The fourth-order valence-corrected chi connectivity index (χ4v) is 3.00. The van der Waals surface area contributed by atoms with Crippen molar-refractivity contribution in [2.75, 3.05) is 25.0 Å². The van der Waals surface area contributed by atoms with Crippen molar-refractivity contribution in [1.29, 1.82) is 0 Å². The van der Waals surface area contributed by atoms with Crippen molar-refractivity contribution in [3.05, 3.63) is 60.8 Å². The van der Waals surface area contributed by atoms with Crippen LogP contribution in [-0.4, -0.2) is 50.1 Å². The van der Waals surface area contributed by atoms with E-state index in [1.54, 1.807) is 30.7 Å². The number of H-pyrrole nitrogens is 1. The van der Waals surface area contributed by atoms with Crippen molar-refractivity contribution in [2.45, 2.75) is 6.92 Å². The maximum atomic E-state index is 12.2. The minimum atomic E-state index is -0.0901. The molecule has 0 fully saturated rings. The van der Waals surface area contributed by atoms with Crippen LogP contribution >= 0.6 is 0 Å². The topological polar surface area (TPSA) is 112 Å². The van der Waals surface area contributed by atoms with Gasteiger partial charge >= 0.3 is 0 Å². The maximum absolute atomic E-state index is 12.2. The smallest absolute Gasteiger partial charge is 0.251 e. The van der Waals surface area contributed by atoms with Crippen LogP contribution in [0, 0.1) is 0 Å². The molecule has 9 heteroatoms. The molecule has 0 saturated heterocycles. The van der Waals surface area contributed by atoms with Crippen LogP contribution in [0.5, 0.6) is 0 Å². The van der Waals surface area contributed by atoms with E-state index in [2.05, 4.69) is 36.1 Å². The molecule has 4 aromatic rings. The quantitative estimate of drug-likeness (QED) is 0.343. The number of nitrogens with one attached hydrogen (secondary N) is 4. The molecule has 0 aliphatic carbocycles.